The molecule has 1 fully saturated rings. The number of amides is 1. The number of carbonyl (C=O) groups excluding carboxylic acids is 2. The molecule has 1 aliphatic rings. The summed E-state index contributed by atoms with van der Waals surface area (Å²) in [5.74, 6) is -1.26. The van der Waals surface area contributed by atoms with Crippen molar-refractivity contribution in [2.24, 2.45) is 5.73 Å². The zero-order valence-corrected chi connectivity index (χ0v) is 10.0. The molecule has 0 aliphatic heterocycles. The Balaban J connectivity index is 2.39. The zero-order chi connectivity index (χ0) is 12.8. The fourth-order valence-corrected chi connectivity index (χ4v) is 1.93. The summed E-state index contributed by atoms with van der Waals surface area (Å²) in [6.07, 6.45) is 2.56. The fraction of sp³-hybridized carbons (Fsp3) is 0.818. The van der Waals surface area contributed by atoms with Crippen molar-refractivity contribution in [3.8, 4) is 0 Å². The van der Waals surface area contributed by atoms with Crippen LogP contribution in [-0.2, 0) is 14.3 Å². The van der Waals surface area contributed by atoms with Gasteiger partial charge in [-0.3, -0.25) is 4.79 Å². The number of carbonyl (C=O) groups is 2. The van der Waals surface area contributed by atoms with Gasteiger partial charge >= 0.3 is 5.97 Å². The van der Waals surface area contributed by atoms with Gasteiger partial charge in [-0.25, -0.2) is 4.79 Å². The highest BCUT2D eigenvalue weighted by molar-refractivity contribution is 6.01. The molecule has 1 aliphatic carbocycles. The molecule has 1 amide bonds. The molecule has 17 heavy (non-hydrogen) atoms. The first-order valence-corrected chi connectivity index (χ1v) is 5.95. The van der Waals surface area contributed by atoms with Gasteiger partial charge in [0.25, 0.3) is 0 Å². The molecular formula is C11H20N2O4. The summed E-state index contributed by atoms with van der Waals surface area (Å²) < 4.78 is 4.66. The van der Waals surface area contributed by atoms with Crippen LogP contribution in [0, 0.1) is 0 Å². The third-order valence-electron chi connectivity index (χ3n) is 2.82. The van der Waals surface area contributed by atoms with Gasteiger partial charge in [0.05, 0.1) is 12.7 Å². The molecule has 98 valence electrons. The summed E-state index contributed by atoms with van der Waals surface area (Å²) in [6.45, 7) is 1.85. The molecule has 1 rings (SSSR count). The molecule has 1 saturated carbocycles. The average molecular weight is 244 g/mol. The van der Waals surface area contributed by atoms with Gasteiger partial charge in [0, 0.05) is 6.04 Å². The van der Waals surface area contributed by atoms with Crippen molar-refractivity contribution >= 4 is 11.9 Å². The molecule has 3 unspecified atom stereocenters. The molecule has 3 atom stereocenters. The highest BCUT2D eigenvalue weighted by Gasteiger charge is 2.27. The van der Waals surface area contributed by atoms with Crippen molar-refractivity contribution in [1.82, 2.24) is 5.32 Å². The van der Waals surface area contributed by atoms with Gasteiger partial charge in [-0.2, -0.15) is 0 Å². The summed E-state index contributed by atoms with van der Waals surface area (Å²) in [7, 11) is 0. The minimum absolute atomic E-state index is 0.105. The highest BCUT2D eigenvalue weighted by Crippen LogP contribution is 2.18. The quantitative estimate of drug-likeness (QED) is 0.448. The van der Waals surface area contributed by atoms with E-state index in [2.05, 4.69) is 10.1 Å². The summed E-state index contributed by atoms with van der Waals surface area (Å²) in [4.78, 5) is 22.8. The van der Waals surface area contributed by atoms with E-state index in [1.54, 1.807) is 6.92 Å². The van der Waals surface area contributed by atoms with Crippen LogP contribution in [0.3, 0.4) is 0 Å². The first kappa shape index (κ1) is 13.9. The summed E-state index contributed by atoms with van der Waals surface area (Å²) >= 11 is 0. The lowest BCUT2D eigenvalue weighted by Gasteiger charge is -2.27. The van der Waals surface area contributed by atoms with Gasteiger partial charge in [0.1, 0.15) is 0 Å². The lowest BCUT2D eigenvalue weighted by atomic mass is 9.93. The van der Waals surface area contributed by atoms with Crippen molar-refractivity contribution in [1.29, 1.82) is 0 Å². The smallest absolute Gasteiger partial charge is 0.332 e. The van der Waals surface area contributed by atoms with Gasteiger partial charge < -0.3 is 20.9 Å². The van der Waals surface area contributed by atoms with Gasteiger partial charge in [-0.05, 0) is 32.6 Å². The van der Waals surface area contributed by atoms with Crippen molar-refractivity contribution in [2.75, 3.05) is 6.61 Å². The van der Waals surface area contributed by atoms with E-state index in [0.717, 1.165) is 19.3 Å². The molecule has 0 bridgehead atoms. The Morgan fingerprint density at radius 1 is 1.53 bits per heavy atom. The molecule has 6 nitrogen and oxygen atoms in total. The van der Waals surface area contributed by atoms with Crippen LogP contribution in [0.25, 0.3) is 0 Å². The largest absolute Gasteiger partial charge is 0.464 e. The monoisotopic (exact) mass is 244 g/mol. The second kappa shape index (κ2) is 6.56. The minimum Gasteiger partial charge on any atom is -0.464 e. The third-order valence-corrected chi connectivity index (χ3v) is 2.82. The second-order valence-electron chi connectivity index (χ2n) is 4.26. The Hall–Kier alpha value is -1.14. The summed E-state index contributed by atoms with van der Waals surface area (Å²) in [5, 5.41) is 12.1. The third kappa shape index (κ3) is 4.32. The van der Waals surface area contributed by atoms with E-state index in [1.807, 2.05) is 0 Å². The number of esters is 1. The number of aliphatic hydroxyl groups excluding tert-OH is 1. The normalized spacial score (nSPS) is 26.1. The van der Waals surface area contributed by atoms with Crippen molar-refractivity contribution < 1.29 is 19.4 Å². The van der Waals surface area contributed by atoms with Crippen molar-refractivity contribution in [3.63, 3.8) is 0 Å². The van der Waals surface area contributed by atoms with Crippen LogP contribution in [0.15, 0.2) is 0 Å². The van der Waals surface area contributed by atoms with Crippen LogP contribution in [0.2, 0.25) is 0 Å². The number of rotatable bonds is 4. The molecule has 0 aromatic heterocycles. The van der Waals surface area contributed by atoms with Crippen LogP contribution in [0.4, 0.5) is 0 Å². The predicted molar refractivity (Wildman–Crippen MR) is 61.0 cm³/mol. The van der Waals surface area contributed by atoms with Gasteiger partial charge in [-0.15, -0.1) is 0 Å². The van der Waals surface area contributed by atoms with Crippen LogP contribution in [0.1, 0.15) is 32.6 Å². The number of aliphatic hydroxyl groups is 1. The Labute approximate surface area is 101 Å². The highest BCUT2D eigenvalue weighted by atomic mass is 16.5. The molecule has 0 spiro atoms. The maximum atomic E-state index is 11.6. The van der Waals surface area contributed by atoms with Gasteiger partial charge in [0.15, 0.2) is 6.04 Å². The number of ether oxygens (including phenoxy) is 1. The molecule has 0 aromatic rings. The maximum absolute atomic E-state index is 11.6. The first-order valence-electron chi connectivity index (χ1n) is 5.95. The zero-order valence-electron chi connectivity index (χ0n) is 10.0. The van der Waals surface area contributed by atoms with Crippen molar-refractivity contribution in [2.45, 2.75) is 50.8 Å². The molecule has 4 N–H and O–H groups in total. The van der Waals surface area contributed by atoms with E-state index in [1.165, 1.54) is 0 Å². The van der Waals surface area contributed by atoms with E-state index in [-0.39, 0.29) is 18.8 Å². The van der Waals surface area contributed by atoms with E-state index < -0.39 is 17.9 Å². The number of nitrogens with one attached hydrogen (secondary N) is 1. The van der Waals surface area contributed by atoms with Crippen LogP contribution in [0.5, 0.6) is 0 Å². The molecule has 6 heteroatoms. The second-order valence-corrected chi connectivity index (χ2v) is 4.26. The summed E-state index contributed by atoms with van der Waals surface area (Å²) in [5.41, 5.74) is 5.45. The van der Waals surface area contributed by atoms with Gasteiger partial charge in [-0.1, -0.05) is 0 Å². The average Bonchev–Trinajstić information content (AvgIpc) is 2.28. The first-order chi connectivity index (χ1) is 8.04. The number of nitrogens with two attached hydrogens (primary N) is 1. The molecule has 0 heterocycles. The van der Waals surface area contributed by atoms with E-state index in [9.17, 15) is 14.7 Å². The Morgan fingerprint density at radius 3 is 2.82 bits per heavy atom. The minimum atomic E-state index is -1.28. The van der Waals surface area contributed by atoms with E-state index in [0.29, 0.717) is 6.42 Å². The Bertz CT molecular complexity index is 283. The SMILES string of the molecule is CCOC(=O)C(N)C(=O)NC1CCCC(O)C1. The molecular weight excluding hydrogens is 224 g/mol. The predicted octanol–water partition coefficient (Wildman–Crippen LogP) is -0.703. The van der Waals surface area contributed by atoms with Crippen molar-refractivity contribution in [3.05, 3.63) is 0 Å². The van der Waals surface area contributed by atoms with E-state index >= 15 is 0 Å². The molecule has 0 saturated heterocycles. The van der Waals surface area contributed by atoms with Crippen LogP contribution < -0.4 is 11.1 Å². The van der Waals surface area contributed by atoms with Crippen LogP contribution >= 0.6 is 0 Å². The number of hydrogen-bond acceptors (Lipinski definition) is 5. The topological polar surface area (TPSA) is 102 Å². The Kier molecular flexibility index (Phi) is 5.37. The van der Waals surface area contributed by atoms with Crippen LogP contribution in [-0.4, -0.2) is 41.8 Å². The molecule has 0 aromatic carbocycles. The van der Waals surface area contributed by atoms with Gasteiger partial charge in [0.2, 0.25) is 5.91 Å². The standard InChI is InChI=1S/C11H20N2O4/c1-2-17-11(16)9(12)10(15)13-7-4-3-5-8(14)6-7/h7-9,14H,2-6,12H2,1H3,(H,13,15). The Morgan fingerprint density at radius 2 is 2.24 bits per heavy atom. The maximum Gasteiger partial charge on any atom is 0.332 e. The lowest BCUT2D eigenvalue weighted by molar-refractivity contribution is -0.148. The molecule has 0 radical (unpaired) electrons. The van der Waals surface area contributed by atoms with E-state index in [4.69, 9.17) is 5.73 Å². The number of hydrogen-bond donors (Lipinski definition) is 3. The summed E-state index contributed by atoms with van der Waals surface area (Å²) in [6, 6.07) is -1.39. The fourth-order valence-electron chi connectivity index (χ4n) is 1.93. The lowest BCUT2D eigenvalue weighted by Crippen LogP contribution is -2.51.